The number of nitrogens with one attached hydrogen (secondary N) is 3. The normalized spacial score (nSPS) is 13.0. The van der Waals surface area contributed by atoms with E-state index >= 15 is 0 Å². The van der Waals surface area contributed by atoms with Crippen LogP contribution in [0.2, 0.25) is 5.02 Å². The summed E-state index contributed by atoms with van der Waals surface area (Å²) in [6.45, 7) is 3.01. The number of nitrogens with zero attached hydrogens (tertiary/aromatic N) is 2. The van der Waals surface area contributed by atoms with Gasteiger partial charge in [-0.05, 0) is 43.3 Å². The summed E-state index contributed by atoms with van der Waals surface area (Å²) in [6, 6.07) is 10.2. The van der Waals surface area contributed by atoms with E-state index in [-0.39, 0.29) is 17.5 Å². The molecule has 1 aromatic carbocycles. The van der Waals surface area contributed by atoms with Gasteiger partial charge in [-0.25, -0.2) is 13.1 Å². The van der Waals surface area contributed by atoms with Crippen molar-refractivity contribution < 1.29 is 13.2 Å². The monoisotopic (exact) mass is 425 g/mol. The van der Waals surface area contributed by atoms with Crippen LogP contribution in [0.3, 0.4) is 0 Å². The molecular formula is C18H24ClN5O3S. The first-order valence-electron chi connectivity index (χ1n) is 8.67. The summed E-state index contributed by atoms with van der Waals surface area (Å²) in [6.07, 6.45) is 2.72. The molecule has 0 amide bonds. The molecule has 1 aromatic heterocycles. The Kier molecular flexibility index (Phi) is 8.49. The second kappa shape index (κ2) is 10.8. The van der Waals surface area contributed by atoms with E-state index in [1.807, 2.05) is 6.92 Å². The number of ether oxygens (including phenoxy) is 1. The number of aliphatic imine (C=N–C) groups is 1. The molecule has 2 rings (SSSR count). The zero-order valence-corrected chi connectivity index (χ0v) is 17.3. The molecule has 0 saturated carbocycles. The Morgan fingerprint density at radius 1 is 1.21 bits per heavy atom. The minimum absolute atomic E-state index is 0.108. The van der Waals surface area contributed by atoms with Crippen molar-refractivity contribution >= 4 is 27.6 Å². The number of aromatic nitrogens is 1. The Balaban J connectivity index is 1.70. The summed E-state index contributed by atoms with van der Waals surface area (Å²) in [4.78, 5) is 8.05. The smallest absolute Gasteiger partial charge is 0.242 e. The first-order valence-corrected chi connectivity index (χ1v) is 10.5. The first kappa shape index (κ1) is 21.9. The molecule has 0 radical (unpaired) electrons. The van der Waals surface area contributed by atoms with Crippen LogP contribution in [0.4, 0.5) is 0 Å². The van der Waals surface area contributed by atoms with Crippen LogP contribution in [0.25, 0.3) is 0 Å². The second-order valence-electron chi connectivity index (χ2n) is 5.85. The Hall–Kier alpha value is -2.36. The molecule has 0 aliphatic carbocycles. The van der Waals surface area contributed by atoms with Gasteiger partial charge in [0.25, 0.3) is 0 Å². The molecule has 1 unspecified atom stereocenters. The lowest BCUT2D eigenvalue weighted by Gasteiger charge is -2.18. The van der Waals surface area contributed by atoms with Gasteiger partial charge in [0.05, 0.1) is 6.54 Å². The Labute approximate surface area is 170 Å². The molecule has 10 heteroatoms. The lowest BCUT2D eigenvalue weighted by molar-refractivity contribution is 0.224. The molecule has 3 N–H and O–H groups in total. The summed E-state index contributed by atoms with van der Waals surface area (Å²) in [7, 11) is -1.93. The van der Waals surface area contributed by atoms with Gasteiger partial charge in [0, 0.05) is 37.6 Å². The zero-order valence-electron chi connectivity index (χ0n) is 15.7. The number of benzene rings is 1. The number of guanidine groups is 1. The summed E-state index contributed by atoms with van der Waals surface area (Å²) in [5, 5.41) is 6.83. The second-order valence-corrected chi connectivity index (χ2v) is 8.05. The first-order chi connectivity index (χ1) is 13.4. The summed E-state index contributed by atoms with van der Waals surface area (Å²) in [5.74, 6) is 1.28. The van der Waals surface area contributed by atoms with Crippen molar-refractivity contribution in [1.82, 2.24) is 20.3 Å². The third-order valence-electron chi connectivity index (χ3n) is 3.59. The molecule has 8 nitrogen and oxygen atoms in total. The Morgan fingerprint density at radius 2 is 1.96 bits per heavy atom. The van der Waals surface area contributed by atoms with Gasteiger partial charge in [-0.1, -0.05) is 11.6 Å². The van der Waals surface area contributed by atoms with E-state index in [9.17, 15) is 8.42 Å². The van der Waals surface area contributed by atoms with Crippen molar-refractivity contribution in [2.45, 2.75) is 17.9 Å². The lowest BCUT2D eigenvalue weighted by Crippen LogP contribution is -2.44. The molecule has 0 saturated heterocycles. The van der Waals surface area contributed by atoms with Gasteiger partial charge < -0.3 is 15.4 Å². The minimum atomic E-state index is -3.57. The number of pyridine rings is 1. The standard InChI is InChI=1S/C18H24ClN5O3S/c1-14(27-16-7-5-15(19)6-8-16)12-23-18(20-2)22-10-11-24-28(25,26)17-4-3-9-21-13-17/h3-9,13-14,24H,10-12H2,1-2H3,(H2,20,22,23). The van der Waals surface area contributed by atoms with Crippen LogP contribution >= 0.6 is 11.6 Å². The highest BCUT2D eigenvalue weighted by atomic mass is 35.5. The van der Waals surface area contributed by atoms with E-state index in [0.717, 1.165) is 5.75 Å². The highest BCUT2D eigenvalue weighted by Crippen LogP contribution is 2.16. The molecule has 28 heavy (non-hydrogen) atoms. The Bertz CT molecular complexity index is 861. The average molecular weight is 426 g/mol. The topological polar surface area (TPSA) is 105 Å². The number of hydrogen-bond donors (Lipinski definition) is 3. The molecule has 1 atom stereocenters. The summed E-state index contributed by atoms with van der Waals surface area (Å²) >= 11 is 5.86. The summed E-state index contributed by atoms with van der Waals surface area (Å²) < 4.78 is 32.5. The highest BCUT2D eigenvalue weighted by molar-refractivity contribution is 7.89. The predicted octanol–water partition coefficient (Wildman–Crippen LogP) is 1.65. The van der Waals surface area contributed by atoms with Crippen LogP contribution < -0.4 is 20.1 Å². The van der Waals surface area contributed by atoms with Crippen molar-refractivity contribution in [2.24, 2.45) is 4.99 Å². The van der Waals surface area contributed by atoms with E-state index < -0.39 is 10.0 Å². The van der Waals surface area contributed by atoms with Crippen LogP contribution in [-0.4, -0.2) is 52.1 Å². The van der Waals surface area contributed by atoms with Crippen LogP contribution in [0.1, 0.15) is 6.92 Å². The van der Waals surface area contributed by atoms with E-state index in [0.29, 0.717) is 24.1 Å². The van der Waals surface area contributed by atoms with E-state index in [4.69, 9.17) is 16.3 Å². The van der Waals surface area contributed by atoms with Crippen molar-refractivity contribution in [3.05, 3.63) is 53.8 Å². The summed E-state index contributed by atoms with van der Waals surface area (Å²) in [5.41, 5.74) is 0. The largest absolute Gasteiger partial charge is 0.489 e. The van der Waals surface area contributed by atoms with E-state index in [2.05, 4.69) is 25.3 Å². The Morgan fingerprint density at radius 3 is 2.61 bits per heavy atom. The van der Waals surface area contributed by atoms with Gasteiger partial charge in [0.15, 0.2) is 5.96 Å². The van der Waals surface area contributed by atoms with Crippen LogP contribution in [-0.2, 0) is 10.0 Å². The van der Waals surface area contributed by atoms with Gasteiger partial charge in [-0.3, -0.25) is 9.98 Å². The van der Waals surface area contributed by atoms with Crippen LogP contribution in [0, 0.1) is 0 Å². The predicted molar refractivity (Wildman–Crippen MR) is 110 cm³/mol. The molecular weight excluding hydrogens is 402 g/mol. The molecule has 0 bridgehead atoms. The molecule has 2 aromatic rings. The third-order valence-corrected chi connectivity index (χ3v) is 5.28. The van der Waals surface area contributed by atoms with Crippen molar-refractivity contribution in [3.63, 3.8) is 0 Å². The SMILES string of the molecule is CN=C(NCCNS(=O)(=O)c1cccnc1)NCC(C)Oc1ccc(Cl)cc1. The van der Waals surface area contributed by atoms with E-state index in [1.54, 1.807) is 37.4 Å². The van der Waals surface area contributed by atoms with Crippen molar-refractivity contribution in [2.75, 3.05) is 26.7 Å². The maximum atomic E-state index is 12.1. The van der Waals surface area contributed by atoms with Gasteiger partial charge in [-0.15, -0.1) is 0 Å². The fourth-order valence-corrected chi connectivity index (χ4v) is 3.32. The number of hydrogen-bond acceptors (Lipinski definition) is 5. The molecule has 0 aliphatic rings. The van der Waals surface area contributed by atoms with E-state index in [1.165, 1.54) is 18.5 Å². The molecule has 1 heterocycles. The fraction of sp³-hybridized carbons (Fsp3) is 0.333. The van der Waals surface area contributed by atoms with Gasteiger partial charge in [0.2, 0.25) is 10.0 Å². The fourth-order valence-electron chi connectivity index (χ4n) is 2.20. The van der Waals surface area contributed by atoms with Crippen LogP contribution in [0.15, 0.2) is 58.7 Å². The zero-order chi connectivity index (χ0) is 20.4. The quantitative estimate of drug-likeness (QED) is 0.320. The maximum absolute atomic E-state index is 12.1. The molecule has 152 valence electrons. The van der Waals surface area contributed by atoms with Gasteiger partial charge >= 0.3 is 0 Å². The van der Waals surface area contributed by atoms with Crippen LogP contribution in [0.5, 0.6) is 5.75 Å². The van der Waals surface area contributed by atoms with Gasteiger partial charge in [0.1, 0.15) is 16.7 Å². The maximum Gasteiger partial charge on any atom is 0.242 e. The molecule has 0 fully saturated rings. The third kappa shape index (κ3) is 7.34. The molecule has 0 aliphatic heterocycles. The minimum Gasteiger partial charge on any atom is -0.489 e. The molecule has 0 spiro atoms. The van der Waals surface area contributed by atoms with Crippen molar-refractivity contribution in [1.29, 1.82) is 0 Å². The van der Waals surface area contributed by atoms with Crippen molar-refractivity contribution in [3.8, 4) is 5.75 Å². The lowest BCUT2D eigenvalue weighted by atomic mass is 10.3. The van der Waals surface area contributed by atoms with Gasteiger partial charge in [-0.2, -0.15) is 0 Å². The highest BCUT2D eigenvalue weighted by Gasteiger charge is 2.13. The number of sulfonamides is 1. The number of halogens is 1. The average Bonchev–Trinajstić information content (AvgIpc) is 2.70. The number of rotatable bonds is 9.